The van der Waals surface area contributed by atoms with Gasteiger partial charge in [0.15, 0.2) is 0 Å². The molecule has 0 bridgehead atoms. The summed E-state index contributed by atoms with van der Waals surface area (Å²) < 4.78 is 54.2. The van der Waals surface area contributed by atoms with Gasteiger partial charge in [-0.15, -0.1) is 0 Å². The molecule has 0 fully saturated rings. The summed E-state index contributed by atoms with van der Waals surface area (Å²) in [4.78, 5) is 48.0. The van der Waals surface area contributed by atoms with Crippen LogP contribution in [0.25, 0.3) is 0 Å². The van der Waals surface area contributed by atoms with Gasteiger partial charge < -0.3 is 45.5 Å². The number of hydrogen-bond donors (Lipinski definition) is 0. The summed E-state index contributed by atoms with van der Waals surface area (Å²) in [5, 5.41) is 0. The van der Waals surface area contributed by atoms with E-state index in [-0.39, 0.29) is 50.8 Å². The Balaban J connectivity index is 2.46. The molecule has 0 unspecified atom stereocenters. The number of esters is 4. The quantitative estimate of drug-likeness (QED) is 0.0511. The van der Waals surface area contributed by atoms with Crippen molar-refractivity contribution in [2.75, 3.05) is 68.1 Å². The fraction of sp³-hybridized carbons (Fsp3) is 0.533. The first-order chi connectivity index (χ1) is 21.9. The van der Waals surface area contributed by atoms with Crippen LogP contribution in [0.3, 0.4) is 0 Å². The Bertz CT molecular complexity index is 1060. The monoisotopic (exact) mass is 686 g/mol. The fourth-order valence-electron chi connectivity index (χ4n) is 3.68. The molecule has 1 aromatic carbocycles. The predicted molar refractivity (Wildman–Crippen MR) is 169 cm³/mol. The van der Waals surface area contributed by atoms with Gasteiger partial charge in [-0.2, -0.15) is 0 Å². The van der Waals surface area contributed by atoms with Gasteiger partial charge in [-0.25, -0.2) is 19.2 Å². The van der Waals surface area contributed by atoms with Crippen LogP contribution in [0.4, 0.5) is 0 Å². The Hall–Kier alpha value is -3.23. The van der Waals surface area contributed by atoms with E-state index in [1.807, 2.05) is 0 Å². The van der Waals surface area contributed by atoms with Gasteiger partial charge in [-0.05, 0) is 51.0 Å². The minimum atomic E-state index is -3.05. The molecular formula is C30H46O14Si2. The molecule has 0 saturated carbocycles. The molecular weight excluding hydrogens is 640 g/mol. The van der Waals surface area contributed by atoms with E-state index in [9.17, 15) is 19.2 Å². The SMILES string of the molecule is C=C(C)C(=O)OCCC[Si](OC)(OC)OCCOC(=O)c1ccc(C(=O)OCCO[Si](CCCOC(=O)C(=C)C)(OC)OC)cc1. The summed E-state index contributed by atoms with van der Waals surface area (Å²) >= 11 is 0. The largest absolute Gasteiger partial charge is 0.500 e. The van der Waals surface area contributed by atoms with Crippen molar-refractivity contribution in [1.29, 1.82) is 0 Å². The normalized spacial score (nSPS) is 11.4. The second-order valence-electron chi connectivity index (χ2n) is 9.77. The van der Waals surface area contributed by atoms with E-state index >= 15 is 0 Å². The second-order valence-corrected chi connectivity index (χ2v) is 15.7. The van der Waals surface area contributed by atoms with Crippen LogP contribution in [0.2, 0.25) is 12.1 Å². The van der Waals surface area contributed by atoms with E-state index in [0.717, 1.165) is 0 Å². The smallest absolute Gasteiger partial charge is 0.462 e. The van der Waals surface area contributed by atoms with Crippen molar-refractivity contribution in [2.45, 2.75) is 38.8 Å². The molecule has 0 aliphatic carbocycles. The first-order valence-corrected chi connectivity index (χ1v) is 18.3. The molecule has 0 spiro atoms. The van der Waals surface area contributed by atoms with Crippen LogP contribution >= 0.6 is 0 Å². The Labute approximate surface area is 272 Å². The number of rotatable bonds is 24. The molecule has 14 nitrogen and oxygen atoms in total. The lowest BCUT2D eigenvalue weighted by molar-refractivity contribution is -0.139. The third-order valence-corrected chi connectivity index (χ3v) is 12.0. The molecule has 0 heterocycles. The number of carbonyl (C=O) groups excluding carboxylic acids is 4. The van der Waals surface area contributed by atoms with E-state index in [1.165, 1.54) is 52.7 Å². The molecule has 16 heteroatoms. The summed E-state index contributed by atoms with van der Waals surface area (Å²) in [6, 6.07) is 6.55. The van der Waals surface area contributed by atoms with E-state index in [2.05, 4.69) is 13.2 Å². The van der Waals surface area contributed by atoms with E-state index < -0.39 is 41.5 Å². The molecule has 1 aromatic rings. The van der Waals surface area contributed by atoms with Crippen molar-refractivity contribution >= 4 is 41.5 Å². The Kier molecular flexibility index (Phi) is 19.1. The lowest BCUT2D eigenvalue weighted by Gasteiger charge is -2.26. The van der Waals surface area contributed by atoms with Crippen molar-refractivity contribution in [1.82, 2.24) is 0 Å². The van der Waals surface area contributed by atoms with Crippen LogP contribution in [-0.4, -0.2) is 110 Å². The highest BCUT2D eigenvalue weighted by molar-refractivity contribution is 6.61. The Morgan fingerprint density at radius 1 is 0.543 bits per heavy atom. The molecule has 0 atom stereocenters. The van der Waals surface area contributed by atoms with Crippen LogP contribution in [0.5, 0.6) is 0 Å². The zero-order valence-corrected chi connectivity index (χ0v) is 29.5. The molecule has 1 rings (SSSR count). The van der Waals surface area contributed by atoms with Gasteiger partial charge in [-0.3, -0.25) is 0 Å². The van der Waals surface area contributed by atoms with Crippen LogP contribution in [0.1, 0.15) is 47.4 Å². The molecule has 258 valence electrons. The van der Waals surface area contributed by atoms with Gasteiger partial charge >= 0.3 is 41.5 Å². The van der Waals surface area contributed by atoms with Crippen LogP contribution in [0, 0.1) is 0 Å². The van der Waals surface area contributed by atoms with Crippen molar-refractivity contribution in [3.63, 3.8) is 0 Å². The number of carbonyl (C=O) groups is 4. The number of hydrogen-bond acceptors (Lipinski definition) is 14. The lowest BCUT2D eigenvalue weighted by atomic mass is 10.1. The molecule has 0 amide bonds. The predicted octanol–water partition coefficient (Wildman–Crippen LogP) is 3.52. The van der Waals surface area contributed by atoms with Gasteiger partial charge in [0.25, 0.3) is 0 Å². The maximum absolute atomic E-state index is 12.5. The average molecular weight is 687 g/mol. The second kappa shape index (κ2) is 21.5. The number of ether oxygens (including phenoxy) is 4. The van der Waals surface area contributed by atoms with Gasteiger partial charge in [0.2, 0.25) is 0 Å². The highest BCUT2D eigenvalue weighted by atomic mass is 28.4. The zero-order valence-electron chi connectivity index (χ0n) is 27.5. The summed E-state index contributed by atoms with van der Waals surface area (Å²) in [5.74, 6) is -2.17. The van der Waals surface area contributed by atoms with E-state index in [1.54, 1.807) is 13.8 Å². The van der Waals surface area contributed by atoms with Crippen molar-refractivity contribution in [3.05, 3.63) is 59.7 Å². The van der Waals surface area contributed by atoms with Gasteiger partial charge in [0.05, 0.1) is 37.6 Å². The molecule has 0 aromatic heterocycles. The number of benzene rings is 1. The molecule has 0 N–H and O–H groups in total. The molecule has 0 saturated heterocycles. The maximum Gasteiger partial charge on any atom is 0.500 e. The van der Waals surface area contributed by atoms with E-state index in [0.29, 0.717) is 36.1 Å². The van der Waals surface area contributed by atoms with Gasteiger partial charge in [0.1, 0.15) is 13.2 Å². The molecule has 0 aliphatic heterocycles. The third-order valence-electron chi connectivity index (χ3n) is 6.30. The minimum absolute atomic E-state index is 0.0242. The van der Waals surface area contributed by atoms with Crippen molar-refractivity contribution in [2.24, 2.45) is 0 Å². The molecule has 0 radical (unpaired) electrons. The summed E-state index contributed by atoms with van der Waals surface area (Å²) in [5.41, 5.74) is 1.08. The van der Waals surface area contributed by atoms with Crippen LogP contribution in [-0.2, 0) is 55.1 Å². The van der Waals surface area contributed by atoms with Crippen LogP contribution < -0.4 is 0 Å². The zero-order chi connectivity index (χ0) is 34.6. The fourth-order valence-corrected chi connectivity index (χ4v) is 7.53. The van der Waals surface area contributed by atoms with E-state index in [4.69, 9.17) is 45.5 Å². The summed E-state index contributed by atoms with van der Waals surface area (Å²) in [7, 11) is -0.257. The maximum atomic E-state index is 12.5. The van der Waals surface area contributed by atoms with Crippen molar-refractivity contribution < 1.29 is 64.7 Å². The first kappa shape index (κ1) is 40.8. The van der Waals surface area contributed by atoms with Crippen LogP contribution in [0.15, 0.2) is 48.6 Å². The lowest BCUT2D eigenvalue weighted by Crippen LogP contribution is -2.44. The first-order valence-electron chi connectivity index (χ1n) is 14.5. The average Bonchev–Trinajstić information content (AvgIpc) is 3.06. The summed E-state index contributed by atoms with van der Waals surface area (Å²) in [6.45, 7) is 10.4. The van der Waals surface area contributed by atoms with Gasteiger partial charge in [0, 0.05) is 51.7 Å². The highest BCUT2D eigenvalue weighted by Gasteiger charge is 2.39. The van der Waals surface area contributed by atoms with Crippen molar-refractivity contribution in [3.8, 4) is 0 Å². The molecule has 46 heavy (non-hydrogen) atoms. The summed E-state index contributed by atoms with van der Waals surface area (Å²) in [6.07, 6.45) is 0.904. The highest BCUT2D eigenvalue weighted by Crippen LogP contribution is 2.18. The van der Waals surface area contributed by atoms with Gasteiger partial charge in [-0.1, -0.05) is 13.2 Å². The minimum Gasteiger partial charge on any atom is -0.462 e. The third kappa shape index (κ3) is 14.5. The Morgan fingerprint density at radius 2 is 0.870 bits per heavy atom. The molecule has 0 aliphatic rings. The topological polar surface area (TPSA) is 161 Å². The Morgan fingerprint density at radius 3 is 1.15 bits per heavy atom. The standard InChI is InChI=1S/C30H46O14Si2/c1-23(2)27(31)39-15-9-21-45(35-5,36-6)43-19-17-41-29(33)25-11-13-26(14-12-25)30(34)42-18-20-44-46(37-7,38-8)22-10-16-40-28(32)24(3)4/h11-14H,1,3,9-10,15-22H2,2,4-8H3.